The maximum atomic E-state index is 11.9. The minimum atomic E-state index is -3.58. The number of nitrogens with one attached hydrogen (secondary N) is 1. The highest BCUT2D eigenvalue weighted by atomic mass is 32.2. The summed E-state index contributed by atoms with van der Waals surface area (Å²) in [6.45, 7) is 5.05. The van der Waals surface area contributed by atoms with Crippen LogP contribution in [0.1, 0.15) is 26.3 Å². The predicted octanol–water partition coefficient (Wildman–Crippen LogP) is 1.07. The lowest BCUT2D eigenvalue weighted by molar-refractivity contribution is -0.148. The first-order valence-electron chi connectivity index (χ1n) is 6.22. The summed E-state index contributed by atoms with van der Waals surface area (Å²) in [5, 5.41) is 0. The van der Waals surface area contributed by atoms with Crippen LogP contribution in [-0.4, -0.2) is 32.4 Å². The Morgan fingerprint density at radius 3 is 2.55 bits per heavy atom. The van der Waals surface area contributed by atoms with Crippen LogP contribution in [-0.2, 0) is 19.6 Å². The molecule has 0 spiro atoms. The van der Waals surface area contributed by atoms with E-state index in [0.29, 0.717) is 5.56 Å². The second-order valence-corrected chi connectivity index (χ2v) is 6.39. The van der Waals surface area contributed by atoms with E-state index in [-0.39, 0.29) is 16.8 Å². The van der Waals surface area contributed by atoms with Gasteiger partial charge in [-0.1, -0.05) is 12.1 Å². The molecule has 6 nitrogen and oxygen atoms in total. The molecule has 0 saturated carbocycles. The van der Waals surface area contributed by atoms with Gasteiger partial charge in [-0.05, 0) is 32.9 Å². The Bertz CT molecular complexity index is 665. The molecular weight excluding hydrogens is 280 g/mol. The highest BCUT2D eigenvalue weighted by molar-refractivity contribution is 7.90. The van der Waals surface area contributed by atoms with Crippen LogP contribution in [0.3, 0.4) is 0 Å². The number of amidine groups is 1. The number of benzene rings is 1. The Labute approximate surface area is 117 Å². The third-order valence-corrected chi connectivity index (χ3v) is 4.08. The average Bonchev–Trinajstić information content (AvgIpc) is 2.61. The Morgan fingerprint density at radius 1 is 1.25 bits per heavy atom. The van der Waals surface area contributed by atoms with Crippen molar-refractivity contribution < 1.29 is 17.9 Å². The van der Waals surface area contributed by atoms with Gasteiger partial charge in [-0.25, -0.2) is 13.2 Å². The number of fused-ring (bicyclic) bond motifs is 1. The van der Waals surface area contributed by atoms with E-state index in [2.05, 4.69) is 9.71 Å². The summed E-state index contributed by atoms with van der Waals surface area (Å²) in [6.07, 6.45) is -0.238. The monoisotopic (exact) mass is 296 g/mol. The molecule has 0 fully saturated rings. The molecule has 1 aromatic carbocycles. The number of carbonyl (C=O) groups is 1. The SMILES string of the molecule is CC(C)OC(=O)C(C)N=C1NS(=O)(=O)c2ccccc21. The number of ether oxygens (including phenoxy) is 1. The van der Waals surface area contributed by atoms with Gasteiger partial charge in [0, 0.05) is 5.56 Å². The van der Waals surface area contributed by atoms with Crippen molar-refractivity contribution in [2.45, 2.75) is 37.8 Å². The van der Waals surface area contributed by atoms with Crippen molar-refractivity contribution in [1.29, 1.82) is 0 Å². The van der Waals surface area contributed by atoms with Gasteiger partial charge < -0.3 is 4.74 Å². The van der Waals surface area contributed by atoms with Crippen LogP contribution in [0.4, 0.5) is 0 Å². The van der Waals surface area contributed by atoms with E-state index in [1.54, 1.807) is 39.0 Å². The lowest BCUT2D eigenvalue weighted by Crippen LogP contribution is -2.27. The van der Waals surface area contributed by atoms with Gasteiger partial charge in [-0.15, -0.1) is 0 Å². The summed E-state index contributed by atoms with van der Waals surface area (Å²) in [6, 6.07) is 5.72. The molecule has 2 rings (SSSR count). The Hall–Kier alpha value is -1.89. The molecule has 0 amide bonds. The summed E-state index contributed by atoms with van der Waals surface area (Å²) >= 11 is 0. The van der Waals surface area contributed by atoms with Crippen LogP contribution in [0.2, 0.25) is 0 Å². The fourth-order valence-corrected chi connectivity index (χ4v) is 3.05. The van der Waals surface area contributed by atoms with Crippen LogP contribution in [0.25, 0.3) is 0 Å². The second-order valence-electron chi connectivity index (χ2n) is 4.74. The van der Waals surface area contributed by atoms with Crippen molar-refractivity contribution in [2.24, 2.45) is 4.99 Å². The van der Waals surface area contributed by atoms with Crippen LogP contribution in [0, 0.1) is 0 Å². The van der Waals surface area contributed by atoms with E-state index in [1.807, 2.05) is 0 Å². The number of sulfonamides is 1. The molecule has 108 valence electrons. The number of hydrogen-bond acceptors (Lipinski definition) is 5. The van der Waals surface area contributed by atoms with Crippen molar-refractivity contribution in [3.63, 3.8) is 0 Å². The summed E-state index contributed by atoms with van der Waals surface area (Å²) in [5.41, 5.74) is 0.469. The summed E-state index contributed by atoms with van der Waals surface area (Å²) < 4.78 is 31.2. The number of carbonyl (C=O) groups excluding carboxylic acids is 1. The molecule has 0 saturated heterocycles. The number of aliphatic imine (C=N–C) groups is 1. The van der Waals surface area contributed by atoms with E-state index in [1.165, 1.54) is 6.07 Å². The molecule has 1 atom stereocenters. The largest absolute Gasteiger partial charge is 0.461 e. The Kier molecular flexibility index (Phi) is 3.80. The van der Waals surface area contributed by atoms with Gasteiger partial charge in [0.15, 0.2) is 0 Å². The van der Waals surface area contributed by atoms with Gasteiger partial charge >= 0.3 is 5.97 Å². The molecular formula is C13H16N2O4S. The molecule has 1 unspecified atom stereocenters. The van der Waals surface area contributed by atoms with E-state index in [4.69, 9.17) is 4.74 Å². The minimum absolute atomic E-state index is 0.170. The number of nitrogens with zero attached hydrogens (tertiary/aromatic N) is 1. The van der Waals surface area contributed by atoms with Gasteiger partial charge in [-0.2, -0.15) is 0 Å². The van der Waals surface area contributed by atoms with E-state index in [9.17, 15) is 13.2 Å². The maximum Gasteiger partial charge on any atom is 0.330 e. The van der Waals surface area contributed by atoms with E-state index < -0.39 is 22.0 Å². The zero-order valence-electron chi connectivity index (χ0n) is 11.5. The summed E-state index contributed by atoms with van der Waals surface area (Å²) in [5.74, 6) is -0.315. The summed E-state index contributed by atoms with van der Waals surface area (Å²) in [4.78, 5) is 16.0. The molecule has 0 aromatic heterocycles. The quantitative estimate of drug-likeness (QED) is 0.845. The van der Waals surface area contributed by atoms with Crippen molar-refractivity contribution in [1.82, 2.24) is 4.72 Å². The van der Waals surface area contributed by atoms with Gasteiger partial charge in [0.2, 0.25) is 0 Å². The molecule has 1 aliphatic rings. The topological polar surface area (TPSA) is 84.8 Å². The van der Waals surface area contributed by atoms with Crippen molar-refractivity contribution in [3.05, 3.63) is 29.8 Å². The van der Waals surface area contributed by atoms with Crippen LogP contribution >= 0.6 is 0 Å². The maximum absolute atomic E-state index is 11.9. The fraction of sp³-hybridized carbons (Fsp3) is 0.385. The molecule has 7 heteroatoms. The zero-order valence-corrected chi connectivity index (χ0v) is 12.3. The predicted molar refractivity (Wildman–Crippen MR) is 74.0 cm³/mol. The fourth-order valence-electron chi connectivity index (χ4n) is 1.81. The third-order valence-electron chi connectivity index (χ3n) is 2.68. The average molecular weight is 296 g/mol. The third kappa shape index (κ3) is 2.82. The number of rotatable bonds is 3. The number of hydrogen-bond donors (Lipinski definition) is 1. The van der Waals surface area contributed by atoms with E-state index >= 15 is 0 Å². The van der Waals surface area contributed by atoms with Crippen molar-refractivity contribution in [2.75, 3.05) is 0 Å². The molecule has 1 N–H and O–H groups in total. The smallest absolute Gasteiger partial charge is 0.330 e. The minimum Gasteiger partial charge on any atom is -0.461 e. The van der Waals surface area contributed by atoms with E-state index in [0.717, 1.165) is 0 Å². The number of esters is 1. The summed E-state index contributed by atoms with van der Waals surface area (Å²) in [7, 11) is -3.58. The molecule has 0 radical (unpaired) electrons. The first kappa shape index (κ1) is 14.5. The standard InChI is InChI=1S/C13H16N2O4S/c1-8(2)19-13(16)9(3)14-12-10-6-4-5-7-11(10)20(17,18)15-12/h4-9H,1-3H3,(H,14,15). The zero-order chi connectivity index (χ0) is 14.9. The van der Waals surface area contributed by atoms with Crippen molar-refractivity contribution >= 4 is 21.8 Å². The second kappa shape index (κ2) is 5.24. The Morgan fingerprint density at radius 2 is 1.90 bits per heavy atom. The molecule has 0 bridgehead atoms. The first-order chi connectivity index (χ1) is 9.31. The molecule has 1 aliphatic heterocycles. The van der Waals surface area contributed by atoms with Gasteiger partial charge in [0.1, 0.15) is 11.9 Å². The lowest BCUT2D eigenvalue weighted by Gasteiger charge is -2.11. The van der Waals surface area contributed by atoms with Crippen LogP contribution in [0.5, 0.6) is 0 Å². The highest BCUT2D eigenvalue weighted by Gasteiger charge is 2.31. The van der Waals surface area contributed by atoms with Gasteiger partial charge in [0.05, 0.1) is 11.0 Å². The van der Waals surface area contributed by atoms with Gasteiger partial charge in [-0.3, -0.25) is 9.71 Å². The normalized spacial score (nSPS) is 19.5. The molecule has 0 aliphatic carbocycles. The molecule has 1 heterocycles. The Balaban J connectivity index is 2.31. The highest BCUT2D eigenvalue weighted by Crippen LogP contribution is 2.22. The van der Waals surface area contributed by atoms with Gasteiger partial charge in [0.25, 0.3) is 10.0 Å². The molecule has 1 aromatic rings. The first-order valence-corrected chi connectivity index (χ1v) is 7.70. The van der Waals surface area contributed by atoms with Crippen LogP contribution in [0.15, 0.2) is 34.2 Å². The lowest BCUT2D eigenvalue weighted by atomic mass is 10.2. The molecule has 20 heavy (non-hydrogen) atoms. The van der Waals surface area contributed by atoms with Crippen molar-refractivity contribution in [3.8, 4) is 0 Å². The van der Waals surface area contributed by atoms with Crippen LogP contribution < -0.4 is 4.72 Å².